The number of ether oxygens (including phenoxy) is 3. The molecule has 0 atom stereocenters. The van der Waals surface area contributed by atoms with Crippen LogP contribution in [0.25, 0.3) is 11.6 Å². The molecule has 108 valence electrons. The lowest BCUT2D eigenvalue weighted by atomic mass is 10.1. The van der Waals surface area contributed by atoms with Gasteiger partial charge < -0.3 is 14.2 Å². The zero-order valence-electron chi connectivity index (χ0n) is 12.0. The molecule has 21 heavy (non-hydrogen) atoms. The van der Waals surface area contributed by atoms with Gasteiger partial charge in [0.25, 0.3) is 0 Å². The van der Waals surface area contributed by atoms with E-state index < -0.39 is 0 Å². The Morgan fingerprint density at radius 1 is 1.10 bits per heavy atom. The predicted molar refractivity (Wildman–Crippen MR) is 83.9 cm³/mol. The van der Waals surface area contributed by atoms with E-state index in [-0.39, 0.29) is 0 Å². The second-order valence-corrected chi connectivity index (χ2v) is 4.89. The van der Waals surface area contributed by atoms with Crippen molar-refractivity contribution < 1.29 is 14.2 Å². The maximum Gasteiger partial charge on any atom is 0.203 e. The van der Waals surface area contributed by atoms with Crippen LogP contribution in [0, 0.1) is 11.3 Å². The van der Waals surface area contributed by atoms with Crippen LogP contribution in [0.2, 0.25) is 0 Å². The van der Waals surface area contributed by atoms with Gasteiger partial charge in [0.15, 0.2) is 11.5 Å². The summed E-state index contributed by atoms with van der Waals surface area (Å²) in [7, 11) is 4.68. The van der Waals surface area contributed by atoms with Gasteiger partial charge in [0.05, 0.1) is 33.0 Å². The predicted octanol–water partition coefficient (Wildman–Crippen LogP) is 3.84. The molecule has 2 rings (SSSR count). The lowest BCUT2D eigenvalue weighted by Crippen LogP contribution is -1.96. The van der Waals surface area contributed by atoms with E-state index in [2.05, 4.69) is 6.07 Å². The van der Waals surface area contributed by atoms with E-state index >= 15 is 0 Å². The minimum absolute atomic E-state index is 0.511. The van der Waals surface area contributed by atoms with Gasteiger partial charge in [-0.05, 0) is 35.0 Å². The van der Waals surface area contributed by atoms with Crippen molar-refractivity contribution >= 4 is 23.0 Å². The van der Waals surface area contributed by atoms with Crippen LogP contribution in [0.4, 0.5) is 0 Å². The first-order valence-electron chi connectivity index (χ1n) is 6.18. The summed E-state index contributed by atoms with van der Waals surface area (Å²) in [4.78, 5) is 0. The van der Waals surface area contributed by atoms with Crippen LogP contribution >= 0.6 is 11.3 Å². The van der Waals surface area contributed by atoms with Crippen LogP contribution in [-0.4, -0.2) is 21.3 Å². The molecule has 0 spiro atoms. The second-order valence-electron chi connectivity index (χ2n) is 4.11. The summed E-state index contributed by atoms with van der Waals surface area (Å²) in [6.45, 7) is 0. The van der Waals surface area contributed by atoms with E-state index in [0.29, 0.717) is 22.8 Å². The molecule has 0 aliphatic carbocycles. The smallest absolute Gasteiger partial charge is 0.203 e. The van der Waals surface area contributed by atoms with Crippen LogP contribution in [0.5, 0.6) is 17.2 Å². The first-order chi connectivity index (χ1) is 10.2. The van der Waals surface area contributed by atoms with Gasteiger partial charge in [0.2, 0.25) is 5.75 Å². The van der Waals surface area contributed by atoms with E-state index in [9.17, 15) is 5.26 Å². The van der Waals surface area contributed by atoms with Crippen molar-refractivity contribution in [3.8, 4) is 23.3 Å². The van der Waals surface area contributed by atoms with Crippen molar-refractivity contribution in [2.45, 2.75) is 0 Å². The van der Waals surface area contributed by atoms with Crippen LogP contribution in [0.15, 0.2) is 29.0 Å². The quantitative estimate of drug-likeness (QED) is 0.787. The van der Waals surface area contributed by atoms with Crippen LogP contribution in [0.3, 0.4) is 0 Å². The molecule has 0 saturated carbocycles. The highest BCUT2D eigenvalue weighted by Crippen LogP contribution is 2.41. The zero-order valence-corrected chi connectivity index (χ0v) is 12.9. The van der Waals surface area contributed by atoms with Gasteiger partial charge in [0.1, 0.15) is 0 Å². The summed E-state index contributed by atoms with van der Waals surface area (Å²) in [5, 5.41) is 13.2. The van der Waals surface area contributed by atoms with Crippen molar-refractivity contribution in [1.29, 1.82) is 5.26 Å². The van der Waals surface area contributed by atoms with Crippen molar-refractivity contribution in [2.24, 2.45) is 0 Å². The number of hydrogen-bond donors (Lipinski definition) is 0. The van der Waals surface area contributed by atoms with Crippen molar-refractivity contribution in [3.63, 3.8) is 0 Å². The summed E-state index contributed by atoms with van der Waals surface area (Å²) in [6, 6.07) is 7.74. The maximum atomic E-state index is 9.34. The summed E-state index contributed by atoms with van der Waals surface area (Å²) < 4.78 is 16.0. The highest BCUT2D eigenvalue weighted by molar-refractivity contribution is 7.08. The Bertz CT molecular complexity index is 684. The minimum Gasteiger partial charge on any atom is -0.493 e. The molecule has 0 radical (unpaired) electrons. The van der Waals surface area contributed by atoms with Gasteiger partial charge in [-0.15, -0.1) is 0 Å². The Morgan fingerprint density at radius 3 is 2.38 bits per heavy atom. The fourth-order valence-corrected chi connectivity index (χ4v) is 2.65. The molecule has 1 aromatic heterocycles. The first kappa shape index (κ1) is 14.9. The zero-order chi connectivity index (χ0) is 15.2. The number of benzene rings is 1. The Kier molecular flexibility index (Phi) is 4.85. The molecule has 1 aromatic carbocycles. The van der Waals surface area contributed by atoms with E-state index in [1.165, 1.54) is 0 Å². The molecule has 5 heteroatoms. The molecule has 0 bridgehead atoms. The summed E-state index contributed by atoms with van der Waals surface area (Å²) >= 11 is 1.55. The number of methoxy groups -OCH3 is 3. The number of nitrogens with zero attached hydrogens (tertiary/aromatic N) is 1. The minimum atomic E-state index is 0.511. The van der Waals surface area contributed by atoms with Crippen LogP contribution < -0.4 is 14.2 Å². The van der Waals surface area contributed by atoms with Gasteiger partial charge >= 0.3 is 0 Å². The lowest BCUT2D eigenvalue weighted by molar-refractivity contribution is 0.324. The van der Waals surface area contributed by atoms with E-state index in [1.807, 2.05) is 22.9 Å². The fourth-order valence-electron chi connectivity index (χ4n) is 1.99. The molecule has 0 saturated heterocycles. The highest BCUT2D eigenvalue weighted by Gasteiger charge is 2.15. The van der Waals surface area contributed by atoms with Crippen molar-refractivity contribution in [1.82, 2.24) is 0 Å². The summed E-state index contributed by atoms with van der Waals surface area (Å²) in [5.74, 6) is 1.64. The van der Waals surface area contributed by atoms with Crippen LogP contribution in [0.1, 0.15) is 11.1 Å². The SMILES string of the molecule is COc1ccc(/C=C(/C#N)c2ccsc2)c(OC)c1OC. The molecular weight excluding hydrogens is 286 g/mol. The fraction of sp³-hybridized carbons (Fsp3) is 0.188. The van der Waals surface area contributed by atoms with Crippen LogP contribution in [-0.2, 0) is 0 Å². The average molecular weight is 301 g/mol. The van der Waals surface area contributed by atoms with Gasteiger partial charge in [0, 0.05) is 11.1 Å². The van der Waals surface area contributed by atoms with Gasteiger partial charge in [-0.3, -0.25) is 0 Å². The first-order valence-corrected chi connectivity index (χ1v) is 7.12. The Balaban J connectivity index is 2.56. The molecule has 0 amide bonds. The summed E-state index contributed by atoms with van der Waals surface area (Å²) in [6.07, 6.45) is 1.78. The standard InChI is InChI=1S/C16H15NO3S/c1-18-14-5-4-11(15(19-2)16(14)20-3)8-13(9-17)12-6-7-21-10-12/h4-8,10H,1-3H3/b13-8-. The molecule has 4 nitrogen and oxygen atoms in total. The Morgan fingerprint density at radius 2 is 1.86 bits per heavy atom. The molecule has 0 aliphatic rings. The number of nitriles is 1. The van der Waals surface area contributed by atoms with E-state index in [4.69, 9.17) is 14.2 Å². The second kappa shape index (κ2) is 6.82. The Hall–Kier alpha value is -2.45. The lowest BCUT2D eigenvalue weighted by Gasteiger charge is -2.14. The van der Waals surface area contributed by atoms with Crippen molar-refractivity contribution in [3.05, 3.63) is 40.1 Å². The molecule has 2 aromatic rings. The highest BCUT2D eigenvalue weighted by atomic mass is 32.1. The molecule has 0 fully saturated rings. The largest absolute Gasteiger partial charge is 0.493 e. The third kappa shape index (κ3) is 3.01. The normalized spacial score (nSPS) is 10.9. The maximum absolute atomic E-state index is 9.34. The van der Waals surface area contributed by atoms with E-state index in [1.54, 1.807) is 44.8 Å². The number of allylic oxidation sites excluding steroid dienone is 1. The molecular formula is C16H15NO3S. The molecule has 0 N–H and O–H groups in total. The molecule has 0 aliphatic heterocycles. The molecule has 1 heterocycles. The third-order valence-corrected chi connectivity index (χ3v) is 3.67. The van der Waals surface area contributed by atoms with Gasteiger partial charge in [-0.1, -0.05) is 0 Å². The summed E-state index contributed by atoms with van der Waals surface area (Å²) in [5.41, 5.74) is 2.22. The topological polar surface area (TPSA) is 51.5 Å². The van der Waals surface area contributed by atoms with Crippen molar-refractivity contribution in [2.75, 3.05) is 21.3 Å². The number of thiophene rings is 1. The monoisotopic (exact) mass is 301 g/mol. The third-order valence-electron chi connectivity index (χ3n) is 2.99. The average Bonchev–Trinajstić information content (AvgIpc) is 3.05. The molecule has 0 unspecified atom stereocenters. The van der Waals surface area contributed by atoms with E-state index in [0.717, 1.165) is 11.1 Å². The van der Waals surface area contributed by atoms with Gasteiger partial charge in [-0.25, -0.2) is 0 Å². The number of rotatable bonds is 5. The Labute approximate surface area is 127 Å². The van der Waals surface area contributed by atoms with Gasteiger partial charge in [-0.2, -0.15) is 16.6 Å². The number of hydrogen-bond acceptors (Lipinski definition) is 5.